The molecular weight excluding hydrogens is 318 g/mol. The first-order valence-electron chi connectivity index (χ1n) is 9.25. The second kappa shape index (κ2) is 8.48. The summed E-state index contributed by atoms with van der Waals surface area (Å²) in [6.45, 7) is 16.6. The lowest BCUT2D eigenvalue weighted by molar-refractivity contribution is 0.527. The second-order valence-electron chi connectivity index (χ2n) is 7.63. The largest absolute Gasteiger partial charge is 0.241 e. The third-order valence-electron chi connectivity index (χ3n) is 4.66. The van der Waals surface area contributed by atoms with Crippen LogP contribution >= 0.6 is 0 Å². The second-order valence-corrected chi connectivity index (χ2v) is 9.28. The third-order valence-corrected chi connectivity index (χ3v) is 6.31. The van der Waals surface area contributed by atoms with Crippen LogP contribution in [0.5, 0.6) is 0 Å². The topological polar surface area (TPSA) is 46.2 Å². The summed E-state index contributed by atoms with van der Waals surface area (Å²) in [5, 5.41) is 0. The van der Waals surface area contributed by atoms with Crippen LogP contribution in [0.3, 0.4) is 0 Å². The summed E-state index contributed by atoms with van der Waals surface area (Å²) in [5.41, 5.74) is 3.08. The third kappa shape index (κ3) is 4.82. The van der Waals surface area contributed by atoms with E-state index in [4.69, 9.17) is 0 Å². The van der Waals surface area contributed by atoms with Crippen LogP contribution in [0.1, 0.15) is 103 Å². The number of nitrogens with one attached hydrogen (secondary N) is 1. The fourth-order valence-corrected chi connectivity index (χ4v) is 5.03. The van der Waals surface area contributed by atoms with Crippen LogP contribution in [0.4, 0.5) is 0 Å². The molecule has 1 aromatic carbocycles. The van der Waals surface area contributed by atoms with Gasteiger partial charge in [0.05, 0.1) is 4.90 Å². The molecule has 1 rings (SSSR count). The Labute approximate surface area is 149 Å². The molecule has 0 spiro atoms. The maximum atomic E-state index is 13.2. The lowest BCUT2D eigenvalue weighted by Crippen LogP contribution is -2.35. The standard InChI is InChI=1S/C20H35NO2S/c1-9-17(10-2)21-24(22,23)20-18(14(5)6)11-16(13(3)4)12-19(20)15(7)8/h11-15,17,21H,9-10H2,1-8H3. The van der Waals surface area contributed by atoms with Gasteiger partial charge in [0.15, 0.2) is 0 Å². The van der Waals surface area contributed by atoms with Gasteiger partial charge in [0.1, 0.15) is 0 Å². The maximum absolute atomic E-state index is 13.2. The predicted octanol–water partition coefficient (Wildman–Crippen LogP) is 5.52. The minimum absolute atomic E-state index is 0.0141. The van der Waals surface area contributed by atoms with Crippen molar-refractivity contribution in [3.63, 3.8) is 0 Å². The Morgan fingerprint density at radius 3 is 1.54 bits per heavy atom. The molecule has 138 valence electrons. The van der Waals surface area contributed by atoms with Gasteiger partial charge in [0.25, 0.3) is 0 Å². The summed E-state index contributed by atoms with van der Waals surface area (Å²) in [4.78, 5) is 0.504. The summed E-state index contributed by atoms with van der Waals surface area (Å²) < 4.78 is 29.3. The first kappa shape index (κ1) is 21.2. The van der Waals surface area contributed by atoms with Gasteiger partial charge in [-0.1, -0.05) is 67.5 Å². The van der Waals surface area contributed by atoms with E-state index in [-0.39, 0.29) is 17.9 Å². The van der Waals surface area contributed by atoms with Crippen LogP contribution in [0.15, 0.2) is 17.0 Å². The van der Waals surface area contributed by atoms with Crippen molar-refractivity contribution in [3.05, 3.63) is 28.8 Å². The van der Waals surface area contributed by atoms with Crippen LogP contribution in [0.2, 0.25) is 0 Å². The van der Waals surface area contributed by atoms with Crippen LogP contribution in [0.25, 0.3) is 0 Å². The van der Waals surface area contributed by atoms with Crippen molar-refractivity contribution in [2.75, 3.05) is 0 Å². The molecular formula is C20H35NO2S. The number of rotatable bonds is 8. The lowest BCUT2D eigenvalue weighted by Gasteiger charge is -2.24. The minimum Gasteiger partial charge on any atom is -0.208 e. The Hall–Kier alpha value is -0.870. The van der Waals surface area contributed by atoms with E-state index in [1.807, 2.05) is 13.8 Å². The summed E-state index contributed by atoms with van der Waals surface area (Å²) in [5.74, 6) is 0.702. The fraction of sp³-hybridized carbons (Fsp3) is 0.700. The molecule has 0 aliphatic heterocycles. The zero-order valence-corrected chi connectivity index (χ0v) is 17.4. The van der Waals surface area contributed by atoms with E-state index in [1.165, 1.54) is 5.56 Å². The molecule has 0 unspecified atom stereocenters. The van der Waals surface area contributed by atoms with E-state index in [0.29, 0.717) is 10.8 Å². The molecule has 0 saturated heterocycles. The Morgan fingerprint density at radius 2 is 1.25 bits per heavy atom. The first-order chi connectivity index (χ1) is 11.0. The van der Waals surface area contributed by atoms with Crippen molar-refractivity contribution in [1.82, 2.24) is 4.72 Å². The van der Waals surface area contributed by atoms with Gasteiger partial charge in [0.2, 0.25) is 10.0 Å². The summed E-state index contributed by atoms with van der Waals surface area (Å²) in [7, 11) is -3.53. The monoisotopic (exact) mass is 353 g/mol. The van der Waals surface area contributed by atoms with Crippen LogP contribution < -0.4 is 4.72 Å². The average molecular weight is 354 g/mol. The van der Waals surface area contributed by atoms with Gasteiger partial charge in [-0.2, -0.15) is 0 Å². The highest BCUT2D eigenvalue weighted by atomic mass is 32.2. The van der Waals surface area contributed by atoms with E-state index in [1.54, 1.807) is 0 Å². The SMILES string of the molecule is CCC(CC)NS(=O)(=O)c1c(C(C)C)cc(C(C)C)cc1C(C)C. The predicted molar refractivity (Wildman–Crippen MR) is 103 cm³/mol. The zero-order chi connectivity index (χ0) is 18.7. The maximum Gasteiger partial charge on any atom is 0.241 e. The lowest BCUT2D eigenvalue weighted by atomic mass is 9.89. The van der Waals surface area contributed by atoms with Crippen molar-refractivity contribution in [2.45, 2.75) is 96.9 Å². The smallest absolute Gasteiger partial charge is 0.208 e. The van der Waals surface area contributed by atoms with Crippen molar-refractivity contribution >= 4 is 10.0 Å². The molecule has 0 heterocycles. The van der Waals surface area contributed by atoms with Crippen molar-refractivity contribution in [3.8, 4) is 0 Å². The van der Waals surface area contributed by atoms with Gasteiger partial charge >= 0.3 is 0 Å². The Kier molecular flexibility index (Phi) is 7.48. The average Bonchev–Trinajstić information content (AvgIpc) is 2.50. The Bertz CT molecular complexity index is 613. The van der Waals surface area contributed by atoms with Gasteiger partial charge in [-0.25, -0.2) is 13.1 Å². The highest BCUT2D eigenvalue weighted by molar-refractivity contribution is 7.89. The molecule has 4 heteroatoms. The van der Waals surface area contributed by atoms with Crippen molar-refractivity contribution < 1.29 is 8.42 Å². The van der Waals surface area contributed by atoms with Gasteiger partial charge in [-0.3, -0.25) is 0 Å². The molecule has 3 nitrogen and oxygen atoms in total. The van der Waals surface area contributed by atoms with Crippen molar-refractivity contribution in [2.24, 2.45) is 0 Å². The molecule has 0 fully saturated rings. The van der Waals surface area contributed by atoms with Crippen LogP contribution in [-0.4, -0.2) is 14.5 Å². The molecule has 0 amide bonds. The van der Waals surface area contributed by atoms with E-state index < -0.39 is 10.0 Å². The molecule has 0 aliphatic carbocycles. The molecule has 0 saturated carbocycles. The fourth-order valence-electron chi connectivity index (χ4n) is 2.93. The highest BCUT2D eigenvalue weighted by Crippen LogP contribution is 2.35. The number of hydrogen-bond acceptors (Lipinski definition) is 2. The van der Waals surface area contributed by atoms with Gasteiger partial charge in [0, 0.05) is 6.04 Å². The Morgan fingerprint density at radius 1 is 0.833 bits per heavy atom. The summed E-state index contributed by atoms with van der Waals surface area (Å²) in [6, 6.07) is 4.16. The van der Waals surface area contributed by atoms with E-state index in [2.05, 4.69) is 58.4 Å². The zero-order valence-electron chi connectivity index (χ0n) is 16.6. The molecule has 1 N–H and O–H groups in total. The highest BCUT2D eigenvalue weighted by Gasteiger charge is 2.28. The van der Waals surface area contributed by atoms with Gasteiger partial charge in [-0.15, -0.1) is 0 Å². The van der Waals surface area contributed by atoms with Crippen LogP contribution in [0, 0.1) is 0 Å². The Balaban J connectivity index is 3.65. The summed E-state index contributed by atoms with van der Waals surface area (Å²) >= 11 is 0. The molecule has 24 heavy (non-hydrogen) atoms. The molecule has 0 radical (unpaired) electrons. The van der Waals surface area contributed by atoms with Crippen LogP contribution in [-0.2, 0) is 10.0 Å². The quantitative estimate of drug-likeness (QED) is 0.668. The molecule has 0 bridgehead atoms. The first-order valence-corrected chi connectivity index (χ1v) is 10.7. The minimum atomic E-state index is -3.53. The van der Waals surface area contributed by atoms with E-state index >= 15 is 0 Å². The van der Waals surface area contributed by atoms with E-state index in [9.17, 15) is 8.42 Å². The number of sulfonamides is 1. The number of benzene rings is 1. The van der Waals surface area contributed by atoms with Gasteiger partial charge in [-0.05, 0) is 47.3 Å². The van der Waals surface area contributed by atoms with Crippen molar-refractivity contribution in [1.29, 1.82) is 0 Å². The summed E-state index contributed by atoms with van der Waals surface area (Å²) in [6.07, 6.45) is 1.60. The molecule has 0 aromatic heterocycles. The van der Waals surface area contributed by atoms with Gasteiger partial charge < -0.3 is 0 Å². The molecule has 0 aliphatic rings. The molecule has 0 atom stereocenters. The number of hydrogen-bond donors (Lipinski definition) is 1. The van der Waals surface area contributed by atoms with E-state index in [0.717, 1.165) is 24.0 Å². The molecule has 1 aromatic rings. The normalized spacial score (nSPS) is 12.8.